The zero-order valence-electron chi connectivity index (χ0n) is 15.4. The monoisotopic (exact) mass is 355 g/mol. The second kappa shape index (κ2) is 8.67. The van der Waals surface area contributed by atoms with Gasteiger partial charge in [0.1, 0.15) is 0 Å². The van der Waals surface area contributed by atoms with Crippen LogP contribution in [0, 0.1) is 0 Å². The summed E-state index contributed by atoms with van der Waals surface area (Å²) in [6.07, 6.45) is 4.35. The number of carbonyl (C=O) groups is 1. The second-order valence-corrected chi connectivity index (χ2v) is 6.49. The molecule has 0 N–H and O–H groups in total. The number of carbonyl (C=O) groups excluding carboxylic acids is 1. The summed E-state index contributed by atoms with van der Waals surface area (Å²) in [5.41, 5.74) is 2.13. The highest BCUT2D eigenvalue weighted by Gasteiger charge is 2.21. The van der Waals surface area contributed by atoms with E-state index in [1.54, 1.807) is 19.5 Å². The van der Waals surface area contributed by atoms with Crippen molar-refractivity contribution in [2.45, 2.75) is 19.5 Å². The summed E-state index contributed by atoms with van der Waals surface area (Å²) in [7, 11) is 3.59. The molecule has 1 aliphatic rings. The van der Waals surface area contributed by atoms with Crippen LogP contribution in [0.15, 0.2) is 42.7 Å². The van der Waals surface area contributed by atoms with Gasteiger partial charge in [-0.05, 0) is 37.2 Å². The highest BCUT2D eigenvalue weighted by atomic mass is 16.5. The van der Waals surface area contributed by atoms with Crippen LogP contribution >= 0.6 is 0 Å². The van der Waals surface area contributed by atoms with Gasteiger partial charge in [-0.1, -0.05) is 12.1 Å². The van der Waals surface area contributed by atoms with E-state index in [4.69, 9.17) is 9.47 Å². The third-order valence-corrected chi connectivity index (χ3v) is 4.42. The number of amides is 1. The number of ether oxygens (including phenoxy) is 2. The zero-order valence-corrected chi connectivity index (χ0v) is 15.4. The van der Waals surface area contributed by atoms with Gasteiger partial charge in [-0.3, -0.25) is 14.7 Å². The van der Waals surface area contributed by atoms with Gasteiger partial charge < -0.3 is 14.4 Å². The van der Waals surface area contributed by atoms with Crippen LogP contribution in [-0.2, 0) is 17.9 Å². The number of para-hydroxylation sites is 1. The van der Waals surface area contributed by atoms with Gasteiger partial charge in [0, 0.05) is 37.6 Å². The lowest BCUT2D eigenvalue weighted by Crippen LogP contribution is -2.40. The van der Waals surface area contributed by atoms with Crippen molar-refractivity contribution < 1.29 is 14.3 Å². The van der Waals surface area contributed by atoms with Crippen LogP contribution < -0.4 is 9.47 Å². The molecular weight excluding hydrogens is 330 g/mol. The Morgan fingerprint density at radius 1 is 1.31 bits per heavy atom. The Kier molecular flexibility index (Phi) is 6.07. The topological polar surface area (TPSA) is 54.9 Å². The third-order valence-electron chi connectivity index (χ3n) is 4.42. The quantitative estimate of drug-likeness (QED) is 0.824. The van der Waals surface area contributed by atoms with Gasteiger partial charge in [-0.25, -0.2) is 0 Å². The van der Waals surface area contributed by atoms with Gasteiger partial charge in [0.15, 0.2) is 11.5 Å². The van der Waals surface area contributed by atoms with Crippen LogP contribution in [0.1, 0.15) is 17.5 Å². The van der Waals surface area contributed by atoms with Crippen molar-refractivity contribution in [3.05, 3.63) is 53.9 Å². The molecule has 0 aliphatic carbocycles. The molecule has 0 unspecified atom stereocenters. The molecule has 2 heterocycles. The molecule has 0 bridgehead atoms. The molecule has 0 fully saturated rings. The molecule has 1 aliphatic heterocycles. The number of hydrogen-bond acceptors (Lipinski definition) is 5. The summed E-state index contributed by atoms with van der Waals surface area (Å²) in [6, 6.07) is 9.74. The molecular formula is C20H25N3O3. The predicted molar refractivity (Wildman–Crippen MR) is 99.1 cm³/mol. The van der Waals surface area contributed by atoms with Crippen molar-refractivity contribution in [2.75, 3.05) is 33.9 Å². The molecule has 0 radical (unpaired) electrons. The minimum absolute atomic E-state index is 0.122. The number of hydrogen-bond donors (Lipinski definition) is 0. The SMILES string of the molecule is COc1cccc2c1OCCCN(C(=O)CN(C)Cc1ccncc1)C2. The minimum Gasteiger partial charge on any atom is -0.493 e. The Balaban J connectivity index is 1.66. The van der Waals surface area contributed by atoms with E-state index in [2.05, 4.69) is 4.98 Å². The lowest BCUT2D eigenvalue weighted by molar-refractivity contribution is -0.133. The number of benzene rings is 1. The van der Waals surface area contributed by atoms with Crippen LogP contribution in [0.2, 0.25) is 0 Å². The summed E-state index contributed by atoms with van der Waals surface area (Å²) in [6.45, 7) is 2.90. The zero-order chi connectivity index (χ0) is 18.4. The largest absolute Gasteiger partial charge is 0.493 e. The fraction of sp³-hybridized carbons (Fsp3) is 0.400. The molecule has 6 heteroatoms. The Morgan fingerprint density at radius 3 is 2.88 bits per heavy atom. The molecule has 0 saturated carbocycles. The van der Waals surface area contributed by atoms with Crippen molar-refractivity contribution in [3.63, 3.8) is 0 Å². The van der Waals surface area contributed by atoms with Crippen LogP contribution in [0.25, 0.3) is 0 Å². The first-order chi connectivity index (χ1) is 12.7. The smallest absolute Gasteiger partial charge is 0.237 e. The molecule has 0 saturated heterocycles. The minimum atomic E-state index is 0.122. The molecule has 1 amide bonds. The fourth-order valence-corrected chi connectivity index (χ4v) is 3.12. The first-order valence-electron chi connectivity index (χ1n) is 8.81. The summed E-state index contributed by atoms with van der Waals surface area (Å²) < 4.78 is 11.3. The summed E-state index contributed by atoms with van der Waals surface area (Å²) >= 11 is 0. The second-order valence-electron chi connectivity index (χ2n) is 6.49. The Labute approximate surface area is 154 Å². The number of fused-ring (bicyclic) bond motifs is 1. The number of likely N-dealkylation sites (N-methyl/N-ethyl adjacent to an activating group) is 1. The molecule has 2 aromatic rings. The van der Waals surface area contributed by atoms with Gasteiger partial charge in [0.25, 0.3) is 0 Å². The van der Waals surface area contributed by atoms with E-state index in [9.17, 15) is 4.79 Å². The Hall–Kier alpha value is -2.60. The number of nitrogens with zero attached hydrogens (tertiary/aromatic N) is 3. The maximum absolute atomic E-state index is 12.8. The maximum atomic E-state index is 12.8. The highest BCUT2D eigenvalue weighted by molar-refractivity contribution is 5.78. The number of rotatable bonds is 5. The van der Waals surface area contributed by atoms with Crippen molar-refractivity contribution >= 4 is 5.91 Å². The third kappa shape index (κ3) is 4.52. The predicted octanol–water partition coefficient (Wildman–Crippen LogP) is 2.33. The molecule has 0 spiro atoms. The van der Waals surface area contributed by atoms with E-state index in [0.717, 1.165) is 29.8 Å². The molecule has 0 atom stereocenters. The standard InChI is InChI=1S/C20H25N3O3/c1-22(13-16-7-9-21-10-8-16)15-19(24)23-11-4-12-26-20-17(14-23)5-3-6-18(20)25-2/h3,5-10H,4,11-15H2,1-2H3. The van der Waals surface area contributed by atoms with Gasteiger partial charge in [-0.15, -0.1) is 0 Å². The van der Waals surface area contributed by atoms with Crippen molar-refractivity contribution in [3.8, 4) is 11.5 Å². The summed E-state index contributed by atoms with van der Waals surface area (Å²) in [5.74, 6) is 1.58. The van der Waals surface area contributed by atoms with E-state index in [1.807, 2.05) is 47.2 Å². The lowest BCUT2D eigenvalue weighted by atomic mass is 10.1. The van der Waals surface area contributed by atoms with E-state index in [1.165, 1.54) is 0 Å². The first-order valence-corrected chi connectivity index (χ1v) is 8.81. The van der Waals surface area contributed by atoms with E-state index >= 15 is 0 Å². The summed E-state index contributed by atoms with van der Waals surface area (Å²) in [5, 5.41) is 0. The van der Waals surface area contributed by atoms with Gasteiger partial charge in [0.05, 0.1) is 20.3 Å². The normalized spacial score (nSPS) is 14.2. The average molecular weight is 355 g/mol. The first kappa shape index (κ1) is 18.2. The number of methoxy groups -OCH3 is 1. The van der Waals surface area contributed by atoms with Gasteiger partial charge in [0.2, 0.25) is 5.91 Å². The average Bonchev–Trinajstić information content (AvgIpc) is 2.62. The Morgan fingerprint density at radius 2 is 2.12 bits per heavy atom. The van der Waals surface area contributed by atoms with E-state index in [-0.39, 0.29) is 5.91 Å². The van der Waals surface area contributed by atoms with Crippen molar-refractivity contribution in [2.24, 2.45) is 0 Å². The molecule has 1 aromatic heterocycles. The van der Waals surface area contributed by atoms with Crippen LogP contribution in [-0.4, -0.2) is 54.5 Å². The van der Waals surface area contributed by atoms with Crippen LogP contribution in [0.4, 0.5) is 0 Å². The molecule has 1 aromatic carbocycles. The highest BCUT2D eigenvalue weighted by Crippen LogP contribution is 2.33. The molecule has 3 rings (SSSR count). The van der Waals surface area contributed by atoms with Crippen molar-refractivity contribution in [1.29, 1.82) is 0 Å². The summed E-state index contributed by atoms with van der Waals surface area (Å²) in [4.78, 5) is 20.8. The van der Waals surface area contributed by atoms with Crippen molar-refractivity contribution in [1.82, 2.24) is 14.8 Å². The van der Waals surface area contributed by atoms with Crippen LogP contribution in [0.3, 0.4) is 0 Å². The van der Waals surface area contributed by atoms with E-state index in [0.29, 0.717) is 32.0 Å². The lowest BCUT2D eigenvalue weighted by Gasteiger charge is -2.29. The number of aromatic nitrogens is 1. The number of pyridine rings is 1. The van der Waals surface area contributed by atoms with E-state index < -0.39 is 0 Å². The maximum Gasteiger partial charge on any atom is 0.237 e. The van der Waals surface area contributed by atoms with Crippen LogP contribution in [0.5, 0.6) is 11.5 Å². The molecule has 6 nitrogen and oxygen atoms in total. The fourth-order valence-electron chi connectivity index (χ4n) is 3.12. The Bertz CT molecular complexity index is 736. The van der Waals surface area contributed by atoms with Gasteiger partial charge in [-0.2, -0.15) is 0 Å². The van der Waals surface area contributed by atoms with Gasteiger partial charge >= 0.3 is 0 Å². The molecule has 138 valence electrons. The molecule has 26 heavy (non-hydrogen) atoms.